The Morgan fingerprint density at radius 1 is 1.00 bits per heavy atom. The zero-order chi connectivity index (χ0) is 18.9. The number of ether oxygens (including phenoxy) is 4. The van der Waals surface area contributed by atoms with Crippen LogP contribution in [0.3, 0.4) is 0 Å². The van der Waals surface area contributed by atoms with E-state index in [0.29, 0.717) is 28.5 Å². The predicted molar refractivity (Wildman–Crippen MR) is 96.1 cm³/mol. The minimum Gasteiger partial charge on any atom is -0.497 e. The van der Waals surface area contributed by atoms with Gasteiger partial charge in [-0.05, 0) is 37.3 Å². The zero-order valence-electron chi connectivity index (χ0n) is 14.9. The Hall–Kier alpha value is -3.22. The van der Waals surface area contributed by atoms with Crippen LogP contribution in [0.4, 0.5) is 5.69 Å². The molecule has 2 aromatic rings. The number of esters is 1. The first-order valence-electron chi connectivity index (χ1n) is 7.99. The number of carbonyl (C=O) groups excluding carboxylic acids is 2. The van der Waals surface area contributed by atoms with E-state index < -0.39 is 5.97 Å². The highest BCUT2D eigenvalue weighted by molar-refractivity contribution is 5.93. The molecule has 0 aliphatic rings. The van der Waals surface area contributed by atoms with Crippen LogP contribution in [0.15, 0.2) is 42.5 Å². The summed E-state index contributed by atoms with van der Waals surface area (Å²) in [5, 5.41) is 2.70. The summed E-state index contributed by atoms with van der Waals surface area (Å²) >= 11 is 0. The van der Waals surface area contributed by atoms with Gasteiger partial charge in [-0.3, -0.25) is 4.79 Å². The average Bonchev–Trinajstić information content (AvgIpc) is 2.67. The third-order valence-corrected chi connectivity index (χ3v) is 3.40. The van der Waals surface area contributed by atoms with E-state index in [9.17, 15) is 9.59 Å². The van der Waals surface area contributed by atoms with Crippen LogP contribution >= 0.6 is 0 Å². The second-order valence-electron chi connectivity index (χ2n) is 5.15. The molecule has 0 aromatic heterocycles. The molecule has 0 spiro atoms. The lowest BCUT2D eigenvalue weighted by Crippen LogP contribution is -2.20. The van der Waals surface area contributed by atoms with Gasteiger partial charge in [0.1, 0.15) is 17.2 Å². The molecule has 0 heterocycles. The van der Waals surface area contributed by atoms with Crippen molar-refractivity contribution in [1.29, 1.82) is 0 Å². The summed E-state index contributed by atoms with van der Waals surface area (Å²) < 4.78 is 20.7. The molecule has 0 bridgehead atoms. The summed E-state index contributed by atoms with van der Waals surface area (Å²) in [6.45, 7) is 1.80. The molecule has 1 amide bonds. The molecule has 0 saturated heterocycles. The van der Waals surface area contributed by atoms with Gasteiger partial charge in [0.2, 0.25) is 0 Å². The highest BCUT2D eigenvalue weighted by atomic mass is 16.5. The molecule has 138 valence electrons. The van der Waals surface area contributed by atoms with Gasteiger partial charge < -0.3 is 24.3 Å². The normalized spacial score (nSPS) is 9.96. The van der Waals surface area contributed by atoms with Crippen LogP contribution in [0.1, 0.15) is 17.3 Å². The van der Waals surface area contributed by atoms with Crippen molar-refractivity contribution >= 4 is 17.6 Å². The second kappa shape index (κ2) is 9.31. The van der Waals surface area contributed by atoms with Crippen LogP contribution in [0.25, 0.3) is 0 Å². The van der Waals surface area contributed by atoms with Crippen LogP contribution in [0.5, 0.6) is 17.2 Å². The maximum atomic E-state index is 12.1. The largest absolute Gasteiger partial charge is 0.497 e. The van der Waals surface area contributed by atoms with Gasteiger partial charge in [-0.2, -0.15) is 0 Å². The molecule has 0 radical (unpaired) electrons. The molecule has 2 rings (SSSR count). The smallest absolute Gasteiger partial charge is 0.338 e. The second-order valence-corrected chi connectivity index (χ2v) is 5.15. The topological polar surface area (TPSA) is 83.1 Å². The van der Waals surface area contributed by atoms with Crippen molar-refractivity contribution in [2.75, 3.05) is 32.8 Å². The number of hydrogen-bond acceptors (Lipinski definition) is 6. The quantitative estimate of drug-likeness (QED) is 0.730. The van der Waals surface area contributed by atoms with Crippen molar-refractivity contribution in [1.82, 2.24) is 0 Å². The number of nitrogens with one attached hydrogen (secondary N) is 1. The Morgan fingerprint density at radius 2 is 1.81 bits per heavy atom. The summed E-state index contributed by atoms with van der Waals surface area (Å²) in [5.41, 5.74) is 0.865. The number of hydrogen-bond donors (Lipinski definition) is 1. The molecule has 0 aliphatic heterocycles. The van der Waals surface area contributed by atoms with Gasteiger partial charge in [0, 0.05) is 6.07 Å². The molecule has 0 fully saturated rings. The Balaban J connectivity index is 1.97. The average molecular weight is 359 g/mol. The van der Waals surface area contributed by atoms with Gasteiger partial charge in [0.05, 0.1) is 32.1 Å². The van der Waals surface area contributed by atoms with Gasteiger partial charge in [0.15, 0.2) is 6.61 Å². The van der Waals surface area contributed by atoms with Crippen LogP contribution in [-0.4, -0.2) is 39.3 Å². The highest BCUT2D eigenvalue weighted by Crippen LogP contribution is 2.28. The number of amides is 1. The van der Waals surface area contributed by atoms with E-state index >= 15 is 0 Å². The van der Waals surface area contributed by atoms with Crippen molar-refractivity contribution in [3.05, 3.63) is 48.0 Å². The van der Waals surface area contributed by atoms with E-state index in [1.165, 1.54) is 13.2 Å². The third-order valence-electron chi connectivity index (χ3n) is 3.40. The minimum absolute atomic E-state index is 0.221. The molecule has 7 nitrogen and oxygen atoms in total. The van der Waals surface area contributed by atoms with Crippen LogP contribution in [-0.2, 0) is 9.53 Å². The molecule has 7 heteroatoms. The van der Waals surface area contributed by atoms with Crippen molar-refractivity contribution in [2.24, 2.45) is 0 Å². The lowest BCUT2D eigenvalue weighted by atomic mass is 10.2. The van der Waals surface area contributed by atoms with E-state index in [1.807, 2.05) is 0 Å². The van der Waals surface area contributed by atoms with Crippen LogP contribution in [0.2, 0.25) is 0 Å². The monoisotopic (exact) mass is 359 g/mol. The van der Waals surface area contributed by atoms with Gasteiger partial charge in [-0.25, -0.2) is 4.79 Å². The molecule has 0 saturated carbocycles. The minimum atomic E-state index is -0.439. The predicted octanol–water partition coefficient (Wildman–Crippen LogP) is 2.90. The fraction of sp³-hybridized carbons (Fsp3) is 0.263. The SMILES string of the molecule is CCOC(=O)c1cccc(OCC(=O)Nc2ccc(OC)cc2OC)c1. The van der Waals surface area contributed by atoms with E-state index in [2.05, 4.69) is 5.32 Å². The van der Waals surface area contributed by atoms with Gasteiger partial charge in [-0.15, -0.1) is 0 Å². The van der Waals surface area contributed by atoms with Crippen LogP contribution < -0.4 is 19.5 Å². The van der Waals surface area contributed by atoms with E-state index in [1.54, 1.807) is 50.4 Å². The van der Waals surface area contributed by atoms with E-state index in [-0.39, 0.29) is 19.1 Å². The fourth-order valence-corrected chi connectivity index (χ4v) is 2.16. The lowest BCUT2D eigenvalue weighted by Gasteiger charge is -2.12. The summed E-state index contributed by atoms with van der Waals surface area (Å²) in [4.78, 5) is 23.8. The molecule has 26 heavy (non-hydrogen) atoms. The molecular weight excluding hydrogens is 338 g/mol. The van der Waals surface area contributed by atoms with Crippen molar-refractivity contribution in [2.45, 2.75) is 6.92 Å². The Morgan fingerprint density at radius 3 is 2.50 bits per heavy atom. The molecule has 0 atom stereocenters. The van der Waals surface area contributed by atoms with E-state index in [4.69, 9.17) is 18.9 Å². The fourth-order valence-electron chi connectivity index (χ4n) is 2.16. The standard InChI is InChI=1S/C19H21NO6/c1-4-25-19(22)13-6-5-7-15(10-13)26-12-18(21)20-16-9-8-14(23-2)11-17(16)24-3/h5-11H,4,12H2,1-3H3,(H,20,21). The number of benzene rings is 2. The van der Waals surface area contributed by atoms with Crippen molar-refractivity contribution < 1.29 is 28.5 Å². The molecular formula is C19H21NO6. The Labute approximate surface area is 151 Å². The number of rotatable bonds is 8. The summed E-state index contributed by atoms with van der Waals surface area (Å²) in [6, 6.07) is 11.5. The number of carbonyl (C=O) groups is 2. The Bertz CT molecular complexity index is 774. The maximum absolute atomic E-state index is 12.1. The van der Waals surface area contributed by atoms with Crippen LogP contribution in [0, 0.1) is 0 Å². The number of anilines is 1. The molecule has 0 unspecified atom stereocenters. The maximum Gasteiger partial charge on any atom is 0.338 e. The van der Waals surface area contributed by atoms with E-state index in [0.717, 1.165) is 0 Å². The third kappa shape index (κ3) is 5.14. The first kappa shape index (κ1) is 19.1. The van der Waals surface area contributed by atoms with Crippen molar-refractivity contribution in [3.8, 4) is 17.2 Å². The van der Waals surface area contributed by atoms with Gasteiger partial charge in [0.25, 0.3) is 5.91 Å². The molecule has 0 aliphatic carbocycles. The zero-order valence-corrected chi connectivity index (χ0v) is 14.9. The highest BCUT2D eigenvalue weighted by Gasteiger charge is 2.11. The first-order chi connectivity index (χ1) is 12.6. The molecule has 2 aromatic carbocycles. The summed E-state index contributed by atoms with van der Waals surface area (Å²) in [5.74, 6) is 0.682. The van der Waals surface area contributed by atoms with Crippen molar-refractivity contribution in [3.63, 3.8) is 0 Å². The summed E-state index contributed by atoms with van der Waals surface area (Å²) in [7, 11) is 3.05. The number of methoxy groups -OCH3 is 2. The lowest BCUT2D eigenvalue weighted by molar-refractivity contribution is -0.118. The summed E-state index contributed by atoms with van der Waals surface area (Å²) in [6.07, 6.45) is 0. The van der Waals surface area contributed by atoms with Gasteiger partial charge in [-0.1, -0.05) is 6.07 Å². The first-order valence-corrected chi connectivity index (χ1v) is 7.99. The Kier molecular flexibility index (Phi) is 6.84. The molecule has 1 N–H and O–H groups in total. The van der Waals surface area contributed by atoms with Gasteiger partial charge >= 0.3 is 5.97 Å².